The average Bonchev–Trinajstić information content (AvgIpc) is 2.72. The number of nitrogens with one attached hydrogen (secondary N) is 1. The number of rotatable bonds is 1. The van der Waals surface area contributed by atoms with Gasteiger partial charge in [-0.2, -0.15) is 5.10 Å². The highest BCUT2D eigenvalue weighted by atomic mass is 15.2. The molecule has 3 rings (SSSR count). The van der Waals surface area contributed by atoms with Crippen molar-refractivity contribution in [3.8, 4) is 0 Å². The molecular weight excluding hydrogens is 200 g/mol. The zero-order valence-electron chi connectivity index (χ0n) is 9.48. The van der Waals surface area contributed by atoms with Crippen LogP contribution >= 0.6 is 0 Å². The third-order valence-corrected chi connectivity index (χ3v) is 3.21. The molecule has 0 unspecified atom stereocenters. The minimum atomic E-state index is 1.07. The number of piperazine rings is 1. The molecule has 0 saturated carbocycles. The zero-order valence-corrected chi connectivity index (χ0v) is 9.48. The van der Waals surface area contributed by atoms with Gasteiger partial charge in [-0.05, 0) is 18.2 Å². The van der Waals surface area contributed by atoms with E-state index in [1.54, 1.807) is 0 Å². The van der Waals surface area contributed by atoms with Gasteiger partial charge in [0.1, 0.15) is 0 Å². The molecule has 0 amide bonds. The summed E-state index contributed by atoms with van der Waals surface area (Å²) in [7, 11) is 1.98. The molecular formula is C12H16N4. The monoisotopic (exact) mass is 216 g/mol. The Morgan fingerprint density at radius 3 is 2.88 bits per heavy atom. The van der Waals surface area contributed by atoms with Gasteiger partial charge < -0.3 is 10.2 Å². The van der Waals surface area contributed by atoms with Crippen LogP contribution in [0, 0.1) is 0 Å². The van der Waals surface area contributed by atoms with Crippen LogP contribution in [-0.4, -0.2) is 36.0 Å². The van der Waals surface area contributed by atoms with Gasteiger partial charge >= 0.3 is 0 Å². The topological polar surface area (TPSA) is 33.1 Å². The van der Waals surface area contributed by atoms with Crippen molar-refractivity contribution in [2.75, 3.05) is 31.1 Å². The lowest BCUT2D eigenvalue weighted by atomic mass is 10.2. The van der Waals surface area contributed by atoms with Crippen molar-refractivity contribution in [3.63, 3.8) is 0 Å². The SMILES string of the molecule is Cn1ncc2cc(N3CCNCC3)ccc21. The Balaban J connectivity index is 1.97. The number of fused-ring (bicyclic) bond motifs is 1. The Hall–Kier alpha value is -1.55. The van der Waals surface area contributed by atoms with E-state index in [9.17, 15) is 0 Å². The number of aryl methyl sites for hydroxylation is 1. The van der Waals surface area contributed by atoms with Crippen molar-refractivity contribution in [2.45, 2.75) is 0 Å². The number of hydrogen-bond acceptors (Lipinski definition) is 3. The summed E-state index contributed by atoms with van der Waals surface area (Å²) in [5.41, 5.74) is 2.50. The van der Waals surface area contributed by atoms with Crippen molar-refractivity contribution in [1.82, 2.24) is 15.1 Å². The van der Waals surface area contributed by atoms with E-state index >= 15 is 0 Å². The van der Waals surface area contributed by atoms with Crippen LogP contribution in [0.4, 0.5) is 5.69 Å². The normalized spacial score (nSPS) is 16.9. The number of nitrogens with zero attached hydrogens (tertiary/aromatic N) is 3. The van der Waals surface area contributed by atoms with Gasteiger partial charge in [0.05, 0.1) is 11.7 Å². The lowest BCUT2D eigenvalue weighted by Crippen LogP contribution is -2.43. The van der Waals surface area contributed by atoms with Crippen LogP contribution in [0.25, 0.3) is 10.9 Å². The fraction of sp³-hybridized carbons (Fsp3) is 0.417. The highest BCUT2D eigenvalue weighted by molar-refractivity contribution is 5.82. The standard InChI is InChI=1S/C12H16N4/c1-15-12-3-2-11(8-10(12)9-14-15)16-6-4-13-5-7-16/h2-3,8-9,13H,4-7H2,1H3. The Morgan fingerprint density at radius 1 is 1.25 bits per heavy atom. The highest BCUT2D eigenvalue weighted by Crippen LogP contribution is 2.21. The lowest BCUT2D eigenvalue weighted by Gasteiger charge is -2.29. The first-order valence-corrected chi connectivity index (χ1v) is 5.72. The molecule has 1 aromatic carbocycles. The van der Waals surface area contributed by atoms with E-state index in [-0.39, 0.29) is 0 Å². The maximum Gasteiger partial charge on any atom is 0.0680 e. The minimum Gasteiger partial charge on any atom is -0.369 e. The number of aromatic nitrogens is 2. The molecule has 1 fully saturated rings. The van der Waals surface area contributed by atoms with Gasteiger partial charge in [0.2, 0.25) is 0 Å². The largest absolute Gasteiger partial charge is 0.369 e. The summed E-state index contributed by atoms with van der Waals surface area (Å²) in [5, 5.41) is 8.86. The fourth-order valence-electron chi connectivity index (χ4n) is 2.27. The molecule has 0 radical (unpaired) electrons. The molecule has 1 aromatic heterocycles. The van der Waals surface area contributed by atoms with Gasteiger partial charge in [-0.3, -0.25) is 4.68 Å². The maximum atomic E-state index is 4.27. The molecule has 2 heterocycles. The molecule has 1 saturated heterocycles. The van der Waals surface area contributed by atoms with Crippen LogP contribution in [0.1, 0.15) is 0 Å². The summed E-state index contributed by atoms with van der Waals surface area (Å²) < 4.78 is 1.91. The van der Waals surface area contributed by atoms with Gasteiger partial charge in [-0.25, -0.2) is 0 Å². The first-order chi connectivity index (χ1) is 7.84. The Kier molecular flexibility index (Phi) is 2.29. The maximum absolute atomic E-state index is 4.27. The van der Waals surface area contributed by atoms with Crippen molar-refractivity contribution in [2.24, 2.45) is 7.05 Å². The Bertz CT molecular complexity index is 497. The second-order valence-corrected chi connectivity index (χ2v) is 4.25. The molecule has 1 N–H and O–H groups in total. The Morgan fingerprint density at radius 2 is 2.06 bits per heavy atom. The molecule has 16 heavy (non-hydrogen) atoms. The summed E-state index contributed by atoms with van der Waals surface area (Å²) in [6.07, 6.45) is 1.93. The van der Waals surface area contributed by atoms with Crippen molar-refractivity contribution in [3.05, 3.63) is 24.4 Å². The summed E-state index contributed by atoms with van der Waals surface area (Å²) in [6, 6.07) is 6.57. The van der Waals surface area contributed by atoms with E-state index in [0.717, 1.165) is 26.2 Å². The van der Waals surface area contributed by atoms with Crippen LogP contribution in [-0.2, 0) is 7.05 Å². The van der Waals surface area contributed by atoms with Crippen LogP contribution in [0.5, 0.6) is 0 Å². The second kappa shape index (κ2) is 3.79. The lowest BCUT2D eigenvalue weighted by molar-refractivity contribution is 0.589. The molecule has 4 heteroatoms. The van der Waals surface area contributed by atoms with E-state index in [0.29, 0.717) is 0 Å². The summed E-state index contributed by atoms with van der Waals surface area (Å²) in [4.78, 5) is 2.42. The first-order valence-electron chi connectivity index (χ1n) is 5.72. The Labute approximate surface area is 94.8 Å². The third kappa shape index (κ3) is 1.55. The quantitative estimate of drug-likeness (QED) is 0.771. The van der Waals surface area contributed by atoms with Crippen LogP contribution in [0.15, 0.2) is 24.4 Å². The summed E-state index contributed by atoms with van der Waals surface area (Å²) in [6.45, 7) is 4.33. The van der Waals surface area contributed by atoms with Crippen molar-refractivity contribution >= 4 is 16.6 Å². The van der Waals surface area contributed by atoms with Crippen LogP contribution < -0.4 is 10.2 Å². The van der Waals surface area contributed by atoms with Gasteiger partial charge in [-0.1, -0.05) is 0 Å². The number of anilines is 1. The van der Waals surface area contributed by atoms with Crippen molar-refractivity contribution in [1.29, 1.82) is 0 Å². The highest BCUT2D eigenvalue weighted by Gasteiger charge is 2.11. The van der Waals surface area contributed by atoms with Crippen LogP contribution in [0.3, 0.4) is 0 Å². The number of benzene rings is 1. The molecule has 4 nitrogen and oxygen atoms in total. The van der Waals surface area contributed by atoms with Crippen molar-refractivity contribution < 1.29 is 0 Å². The van der Waals surface area contributed by atoms with E-state index in [4.69, 9.17) is 0 Å². The van der Waals surface area contributed by atoms with E-state index in [2.05, 4.69) is 33.5 Å². The third-order valence-electron chi connectivity index (χ3n) is 3.21. The van der Waals surface area contributed by atoms with Gasteiger partial charge in [0.25, 0.3) is 0 Å². The zero-order chi connectivity index (χ0) is 11.0. The smallest absolute Gasteiger partial charge is 0.0680 e. The summed E-state index contributed by atoms with van der Waals surface area (Å²) in [5.74, 6) is 0. The molecule has 84 valence electrons. The molecule has 0 atom stereocenters. The average molecular weight is 216 g/mol. The molecule has 1 aliphatic heterocycles. The number of hydrogen-bond donors (Lipinski definition) is 1. The molecule has 0 spiro atoms. The molecule has 1 aliphatic rings. The minimum absolute atomic E-state index is 1.07. The molecule has 2 aromatic rings. The van der Waals surface area contributed by atoms with E-state index in [1.807, 2.05) is 17.9 Å². The van der Waals surface area contributed by atoms with Crippen LogP contribution in [0.2, 0.25) is 0 Å². The van der Waals surface area contributed by atoms with E-state index < -0.39 is 0 Å². The summed E-state index contributed by atoms with van der Waals surface area (Å²) >= 11 is 0. The fourth-order valence-corrected chi connectivity index (χ4v) is 2.27. The van der Waals surface area contributed by atoms with Gasteiger partial charge in [0.15, 0.2) is 0 Å². The first kappa shape index (κ1) is 9.66. The molecule has 0 aliphatic carbocycles. The van der Waals surface area contributed by atoms with Gasteiger partial charge in [0, 0.05) is 44.3 Å². The van der Waals surface area contributed by atoms with Gasteiger partial charge in [-0.15, -0.1) is 0 Å². The van der Waals surface area contributed by atoms with E-state index in [1.165, 1.54) is 16.6 Å². The predicted molar refractivity (Wildman–Crippen MR) is 65.8 cm³/mol. The second-order valence-electron chi connectivity index (χ2n) is 4.25. The predicted octanol–water partition coefficient (Wildman–Crippen LogP) is 0.983. The molecule has 0 bridgehead atoms.